The minimum absolute atomic E-state index is 0.396. The molecule has 0 bridgehead atoms. The normalized spacial score (nSPS) is 19.6. The first-order valence-corrected chi connectivity index (χ1v) is 13.3. The van der Waals surface area contributed by atoms with E-state index in [2.05, 4.69) is 52.3 Å². The standard InChI is InChI=1S/C30H36N4/c1-4-17-33(18-5-1)19-8-20-34(29-13-6-10-23-11-7-15-32-30(23)29)22-28-27-21-24-9-2-3-12-25(24)26(27)14-16-31-28/h2-3,7,9,11-12,14-16,29H,1,4-6,8,10,13,17-22H2/t29-/m0/s1. The molecular formula is C30H36N4. The van der Waals surface area contributed by atoms with Crippen LogP contribution in [-0.2, 0) is 19.4 Å². The molecule has 0 radical (unpaired) electrons. The number of likely N-dealkylation sites (tertiary alicyclic amines) is 1. The third kappa shape index (κ3) is 4.42. The van der Waals surface area contributed by atoms with E-state index in [9.17, 15) is 0 Å². The number of hydrogen-bond donors (Lipinski definition) is 0. The van der Waals surface area contributed by atoms with Gasteiger partial charge in [0.1, 0.15) is 0 Å². The minimum Gasteiger partial charge on any atom is -0.303 e. The number of piperidine rings is 1. The predicted molar refractivity (Wildman–Crippen MR) is 138 cm³/mol. The van der Waals surface area contributed by atoms with Gasteiger partial charge in [-0.1, -0.05) is 36.8 Å². The summed E-state index contributed by atoms with van der Waals surface area (Å²) in [4.78, 5) is 15.2. The van der Waals surface area contributed by atoms with Gasteiger partial charge in [-0.3, -0.25) is 14.9 Å². The van der Waals surface area contributed by atoms with E-state index in [1.165, 1.54) is 97.4 Å². The predicted octanol–water partition coefficient (Wildman–Crippen LogP) is 5.80. The van der Waals surface area contributed by atoms with Crippen LogP contribution < -0.4 is 0 Å². The molecular weight excluding hydrogens is 416 g/mol. The second-order valence-corrected chi connectivity index (χ2v) is 10.3. The smallest absolute Gasteiger partial charge is 0.0607 e. The second kappa shape index (κ2) is 9.97. The van der Waals surface area contributed by atoms with Crippen molar-refractivity contribution in [3.05, 3.63) is 82.9 Å². The summed E-state index contributed by atoms with van der Waals surface area (Å²) in [5.41, 5.74) is 9.66. The van der Waals surface area contributed by atoms with Crippen LogP contribution in [0.15, 0.2) is 54.9 Å². The molecule has 0 N–H and O–H groups in total. The zero-order valence-electron chi connectivity index (χ0n) is 20.3. The van der Waals surface area contributed by atoms with Crippen LogP contribution in [0.3, 0.4) is 0 Å². The molecule has 4 heteroatoms. The number of benzene rings is 1. The van der Waals surface area contributed by atoms with Gasteiger partial charge in [0.25, 0.3) is 0 Å². The van der Waals surface area contributed by atoms with Gasteiger partial charge in [0.15, 0.2) is 0 Å². The van der Waals surface area contributed by atoms with Crippen molar-refractivity contribution in [2.24, 2.45) is 0 Å². The number of hydrogen-bond acceptors (Lipinski definition) is 4. The van der Waals surface area contributed by atoms with Gasteiger partial charge in [0.2, 0.25) is 0 Å². The summed E-state index contributed by atoms with van der Waals surface area (Å²) in [7, 11) is 0. The molecule has 176 valence electrons. The van der Waals surface area contributed by atoms with Crippen LogP contribution in [0.1, 0.15) is 72.6 Å². The molecule has 0 saturated carbocycles. The van der Waals surface area contributed by atoms with Crippen molar-refractivity contribution in [3.8, 4) is 11.1 Å². The molecule has 1 aromatic carbocycles. The van der Waals surface area contributed by atoms with Gasteiger partial charge in [-0.2, -0.15) is 0 Å². The maximum Gasteiger partial charge on any atom is 0.0607 e. The molecule has 3 heterocycles. The lowest BCUT2D eigenvalue weighted by Gasteiger charge is -2.36. The Labute approximate surface area is 204 Å². The van der Waals surface area contributed by atoms with Crippen LogP contribution in [0.5, 0.6) is 0 Å². The van der Waals surface area contributed by atoms with E-state index in [-0.39, 0.29) is 0 Å². The fourth-order valence-corrected chi connectivity index (χ4v) is 6.41. The largest absolute Gasteiger partial charge is 0.303 e. The molecule has 3 aliphatic rings. The third-order valence-corrected chi connectivity index (χ3v) is 8.15. The maximum atomic E-state index is 4.95. The number of aromatic nitrogens is 2. The van der Waals surface area contributed by atoms with Crippen LogP contribution in [-0.4, -0.2) is 45.9 Å². The zero-order chi connectivity index (χ0) is 22.7. The molecule has 1 fully saturated rings. The lowest BCUT2D eigenvalue weighted by atomic mass is 9.90. The van der Waals surface area contributed by atoms with E-state index in [4.69, 9.17) is 9.97 Å². The summed E-state index contributed by atoms with van der Waals surface area (Å²) in [6.45, 7) is 5.79. The highest BCUT2D eigenvalue weighted by atomic mass is 15.2. The number of pyridine rings is 2. The van der Waals surface area contributed by atoms with Crippen LogP contribution in [0.2, 0.25) is 0 Å². The third-order valence-electron chi connectivity index (χ3n) is 8.15. The van der Waals surface area contributed by atoms with E-state index < -0.39 is 0 Å². The average molecular weight is 453 g/mol. The van der Waals surface area contributed by atoms with Gasteiger partial charge >= 0.3 is 0 Å². The fraction of sp³-hybridized carbons (Fsp3) is 0.467. The zero-order valence-corrected chi connectivity index (χ0v) is 20.3. The SMILES string of the molecule is c1ccc2c(c1)Cc1c-2ccnc1CN(CCCN1CCCCC1)[C@H]1CCCc2cccnc21. The summed E-state index contributed by atoms with van der Waals surface area (Å²) < 4.78 is 0. The fourth-order valence-electron chi connectivity index (χ4n) is 6.41. The van der Waals surface area contributed by atoms with E-state index in [1.807, 2.05) is 12.4 Å². The molecule has 4 nitrogen and oxygen atoms in total. The highest BCUT2D eigenvalue weighted by Gasteiger charge is 2.29. The summed E-state index contributed by atoms with van der Waals surface area (Å²) >= 11 is 0. The Balaban J connectivity index is 1.26. The Morgan fingerprint density at radius 2 is 1.74 bits per heavy atom. The highest BCUT2D eigenvalue weighted by Crippen LogP contribution is 2.39. The molecule has 1 saturated heterocycles. The topological polar surface area (TPSA) is 32.3 Å². The van der Waals surface area contributed by atoms with E-state index in [0.29, 0.717) is 6.04 Å². The molecule has 0 unspecified atom stereocenters. The number of fused-ring (bicyclic) bond motifs is 4. The number of rotatable bonds is 7. The van der Waals surface area contributed by atoms with Crippen LogP contribution in [0.25, 0.3) is 11.1 Å². The summed E-state index contributed by atoms with van der Waals surface area (Å²) in [6, 6.07) is 15.9. The van der Waals surface area contributed by atoms with Crippen molar-refractivity contribution in [1.82, 2.24) is 19.8 Å². The van der Waals surface area contributed by atoms with Crippen LogP contribution in [0.4, 0.5) is 0 Å². The Bertz CT molecular complexity index is 1130. The molecule has 34 heavy (non-hydrogen) atoms. The first-order valence-electron chi connectivity index (χ1n) is 13.3. The van der Waals surface area contributed by atoms with Crippen molar-refractivity contribution in [2.75, 3.05) is 26.2 Å². The monoisotopic (exact) mass is 452 g/mol. The highest BCUT2D eigenvalue weighted by molar-refractivity contribution is 5.77. The summed E-state index contributed by atoms with van der Waals surface area (Å²) in [6.07, 6.45) is 14.0. The molecule has 6 rings (SSSR count). The molecule has 3 aromatic rings. The minimum atomic E-state index is 0.396. The summed E-state index contributed by atoms with van der Waals surface area (Å²) in [5.74, 6) is 0. The molecule has 1 aliphatic heterocycles. The summed E-state index contributed by atoms with van der Waals surface area (Å²) in [5, 5.41) is 0. The molecule has 0 amide bonds. The van der Waals surface area contributed by atoms with E-state index in [0.717, 1.165) is 25.9 Å². The van der Waals surface area contributed by atoms with Crippen molar-refractivity contribution in [1.29, 1.82) is 0 Å². The lowest BCUT2D eigenvalue weighted by molar-refractivity contribution is 0.146. The molecule has 1 atom stereocenters. The average Bonchev–Trinajstić information content (AvgIpc) is 3.28. The Hall–Kier alpha value is -2.56. The molecule has 0 spiro atoms. The van der Waals surface area contributed by atoms with Gasteiger partial charge in [-0.25, -0.2) is 0 Å². The van der Waals surface area contributed by atoms with Crippen molar-refractivity contribution >= 4 is 0 Å². The molecule has 2 aromatic heterocycles. The Kier molecular flexibility index (Phi) is 6.43. The van der Waals surface area contributed by atoms with Crippen LogP contribution in [0, 0.1) is 0 Å². The van der Waals surface area contributed by atoms with Gasteiger partial charge in [-0.15, -0.1) is 0 Å². The molecule has 2 aliphatic carbocycles. The second-order valence-electron chi connectivity index (χ2n) is 10.3. The Morgan fingerprint density at radius 3 is 2.68 bits per heavy atom. The number of aryl methyl sites for hydroxylation is 1. The van der Waals surface area contributed by atoms with Gasteiger partial charge in [-0.05, 0) is 98.1 Å². The van der Waals surface area contributed by atoms with Gasteiger partial charge < -0.3 is 4.90 Å². The van der Waals surface area contributed by atoms with E-state index in [1.54, 1.807) is 0 Å². The number of nitrogens with zero attached hydrogens (tertiary/aromatic N) is 4. The maximum absolute atomic E-state index is 4.95. The first kappa shape index (κ1) is 21.9. The van der Waals surface area contributed by atoms with Crippen molar-refractivity contribution in [3.63, 3.8) is 0 Å². The van der Waals surface area contributed by atoms with Gasteiger partial charge in [0.05, 0.1) is 17.4 Å². The van der Waals surface area contributed by atoms with Gasteiger partial charge in [0, 0.05) is 31.9 Å². The van der Waals surface area contributed by atoms with Crippen LogP contribution >= 0.6 is 0 Å². The van der Waals surface area contributed by atoms with Crippen molar-refractivity contribution < 1.29 is 0 Å². The lowest BCUT2D eigenvalue weighted by Crippen LogP contribution is -2.36. The quantitative estimate of drug-likeness (QED) is 0.355. The van der Waals surface area contributed by atoms with E-state index >= 15 is 0 Å². The van der Waals surface area contributed by atoms with Crippen molar-refractivity contribution in [2.45, 2.75) is 64.0 Å². The first-order chi connectivity index (χ1) is 16.9. The Morgan fingerprint density at radius 1 is 0.853 bits per heavy atom.